The van der Waals surface area contributed by atoms with Crippen LogP contribution in [0, 0.1) is 0 Å². The van der Waals surface area contributed by atoms with Crippen molar-refractivity contribution < 1.29 is 19.7 Å². The highest BCUT2D eigenvalue weighted by Gasteiger charge is 2.42. The lowest BCUT2D eigenvalue weighted by atomic mass is 10.1. The van der Waals surface area contributed by atoms with Gasteiger partial charge in [0.1, 0.15) is 12.2 Å². The Balaban J connectivity index is 2.06. The molecule has 0 saturated carbocycles. The van der Waals surface area contributed by atoms with Crippen LogP contribution in [0.4, 0.5) is 0 Å². The van der Waals surface area contributed by atoms with Gasteiger partial charge in [0, 0.05) is 6.42 Å². The molecular formula is C20H30O4. The minimum atomic E-state index is -0.784. The lowest BCUT2D eigenvalue weighted by molar-refractivity contribution is -0.137. The Labute approximate surface area is 145 Å². The number of rotatable bonds is 13. The number of aliphatic hydroxyl groups excluding tert-OH is 1. The van der Waals surface area contributed by atoms with Gasteiger partial charge in [-0.25, -0.2) is 0 Å². The van der Waals surface area contributed by atoms with Gasteiger partial charge in [-0.3, -0.25) is 4.79 Å². The van der Waals surface area contributed by atoms with E-state index in [-0.39, 0.29) is 18.6 Å². The van der Waals surface area contributed by atoms with Crippen LogP contribution in [-0.2, 0) is 9.53 Å². The molecular weight excluding hydrogens is 304 g/mol. The van der Waals surface area contributed by atoms with Crippen molar-refractivity contribution >= 4 is 5.97 Å². The fourth-order valence-corrected chi connectivity index (χ4v) is 2.30. The van der Waals surface area contributed by atoms with Crippen molar-refractivity contribution in [3.05, 3.63) is 48.6 Å². The summed E-state index contributed by atoms with van der Waals surface area (Å²) in [5, 5.41) is 18.5. The lowest BCUT2D eigenvalue weighted by Crippen LogP contribution is -2.13. The second-order valence-corrected chi connectivity index (χ2v) is 5.87. The number of aliphatic hydroxyl groups is 1. The van der Waals surface area contributed by atoms with Gasteiger partial charge in [0.05, 0.1) is 6.10 Å². The molecule has 0 radical (unpaired) electrons. The third kappa shape index (κ3) is 10.2. The fraction of sp³-hybridized carbons (Fsp3) is 0.550. The zero-order valence-corrected chi connectivity index (χ0v) is 14.5. The normalized spacial score (nSPS) is 22.2. The molecule has 2 N–H and O–H groups in total. The van der Waals surface area contributed by atoms with Crippen molar-refractivity contribution in [1.29, 1.82) is 0 Å². The Bertz CT molecular complexity index is 462. The molecule has 0 aromatic rings. The molecule has 24 heavy (non-hydrogen) atoms. The molecule has 1 fully saturated rings. The summed E-state index contributed by atoms with van der Waals surface area (Å²) in [5.41, 5.74) is 0. The minimum absolute atomic E-state index is 0.0939. The number of ether oxygens (including phenoxy) is 1. The van der Waals surface area contributed by atoms with Gasteiger partial charge in [0.2, 0.25) is 0 Å². The van der Waals surface area contributed by atoms with Gasteiger partial charge < -0.3 is 14.9 Å². The minimum Gasteiger partial charge on any atom is -0.481 e. The number of carboxylic acid groups (broad SMARTS) is 1. The molecule has 4 heteroatoms. The van der Waals surface area contributed by atoms with Gasteiger partial charge in [-0.15, -0.1) is 0 Å². The van der Waals surface area contributed by atoms with E-state index in [0.29, 0.717) is 12.8 Å². The van der Waals surface area contributed by atoms with Gasteiger partial charge in [0.15, 0.2) is 0 Å². The fourth-order valence-electron chi connectivity index (χ4n) is 2.30. The maximum Gasteiger partial charge on any atom is 0.303 e. The Kier molecular flexibility index (Phi) is 10.8. The summed E-state index contributed by atoms with van der Waals surface area (Å²) in [7, 11) is 0. The Hall–Kier alpha value is -1.65. The molecule has 1 aliphatic rings. The highest BCUT2D eigenvalue weighted by molar-refractivity contribution is 5.66. The number of carbonyl (C=O) groups is 1. The molecule has 3 unspecified atom stereocenters. The molecule has 0 aromatic carbocycles. The van der Waals surface area contributed by atoms with Crippen LogP contribution in [-0.4, -0.2) is 34.5 Å². The van der Waals surface area contributed by atoms with E-state index in [4.69, 9.17) is 9.84 Å². The Morgan fingerprint density at radius 3 is 2.42 bits per heavy atom. The SMILES string of the molecule is CC/C=C\C/C=C\C/C=C\CC1OC1C(O)/C=C\CCCC(=O)O. The standard InChI is InChI=1S/C20H30O4/c1-2-3-4-5-6-7-8-9-12-15-18-20(24-18)17(21)14-11-10-13-16-19(22)23/h3-4,6-7,9,11-12,14,17-18,20-21H,2,5,8,10,13,15-16H2,1H3,(H,22,23)/b4-3-,7-6-,12-9-,14-11-. The number of carboxylic acids is 1. The molecule has 1 rings (SSSR count). The van der Waals surface area contributed by atoms with Crippen molar-refractivity contribution in [3.8, 4) is 0 Å². The molecule has 1 heterocycles. The third-order valence-electron chi connectivity index (χ3n) is 3.70. The summed E-state index contributed by atoms with van der Waals surface area (Å²) in [6.45, 7) is 2.13. The van der Waals surface area contributed by atoms with Crippen LogP contribution in [0.15, 0.2) is 48.6 Å². The van der Waals surface area contributed by atoms with Gasteiger partial charge >= 0.3 is 5.97 Å². The monoisotopic (exact) mass is 334 g/mol. The van der Waals surface area contributed by atoms with Gasteiger partial charge in [0.25, 0.3) is 0 Å². The van der Waals surface area contributed by atoms with Crippen LogP contribution in [0.25, 0.3) is 0 Å². The topological polar surface area (TPSA) is 70.1 Å². The number of unbranched alkanes of at least 4 members (excludes halogenated alkanes) is 1. The van der Waals surface area contributed by atoms with E-state index in [9.17, 15) is 9.90 Å². The van der Waals surface area contributed by atoms with Crippen molar-refractivity contribution in [1.82, 2.24) is 0 Å². The quantitative estimate of drug-likeness (QED) is 0.301. The van der Waals surface area contributed by atoms with Crippen molar-refractivity contribution in [3.63, 3.8) is 0 Å². The van der Waals surface area contributed by atoms with Crippen LogP contribution in [0.5, 0.6) is 0 Å². The maximum absolute atomic E-state index is 10.4. The molecule has 0 bridgehead atoms. The predicted molar refractivity (Wildman–Crippen MR) is 96.9 cm³/mol. The van der Waals surface area contributed by atoms with Crippen LogP contribution < -0.4 is 0 Å². The third-order valence-corrected chi connectivity index (χ3v) is 3.70. The van der Waals surface area contributed by atoms with Crippen LogP contribution in [0.2, 0.25) is 0 Å². The van der Waals surface area contributed by atoms with Crippen molar-refractivity contribution in [2.75, 3.05) is 0 Å². The van der Waals surface area contributed by atoms with Crippen LogP contribution in [0.1, 0.15) is 51.9 Å². The van der Waals surface area contributed by atoms with Crippen LogP contribution >= 0.6 is 0 Å². The van der Waals surface area contributed by atoms with E-state index < -0.39 is 12.1 Å². The van der Waals surface area contributed by atoms with E-state index in [1.807, 2.05) is 6.08 Å². The van der Waals surface area contributed by atoms with E-state index >= 15 is 0 Å². The van der Waals surface area contributed by atoms with Crippen LogP contribution in [0.3, 0.4) is 0 Å². The largest absolute Gasteiger partial charge is 0.481 e. The number of allylic oxidation sites excluding steroid dienone is 6. The summed E-state index contributed by atoms with van der Waals surface area (Å²) in [4.78, 5) is 10.4. The van der Waals surface area contributed by atoms with Crippen molar-refractivity contribution in [2.24, 2.45) is 0 Å². The Morgan fingerprint density at radius 2 is 1.75 bits per heavy atom. The molecule has 0 amide bonds. The average Bonchev–Trinajstić information content (AvgIpc) is 3.32. The first-order valence-corrected chi connectivity index (χ1v) is 8.82. The maximum atomic E-state index is 10.4. The molecule has 0 aliphatic carbocycles. The Morgan fingerprint density at radius 1 is 1.08 bits per heavy atom. The highest BCUT2D eigenvalue weighted by atomic mass is 16.6. The smallest absolute Gasteiger partial charge is 0.303 e. The second kappa shape index (κ2) is 12.7. The molecule has 1 saturated heterocycles. The molecule has 3 atom stereocenters. The summed E-state index contributed by atoms with van der Waals surface area (Å²) in [6.07, 6.45) is 21.0. The first-order valence-electron chi connectivity index (χ1n) is 8.82. The van der Waals surface area contributed by atoms with Gasteiger partial charge in [-0.05, 0) is 38.5 Å². The highest BCUT2D eigenvalue weighted by Crippen LogP contribution is 2.29. The van der Waals surface area contributed by atoms with E-state index in [2.05, 4.69) is 43.4 Å². The predicted octanol–water partition coefficient (Wildman–Crippen LogP) is 4.17. The van der Waals surface area contributed by atoms with E-state index in [1.165, 1.54) is 0 Å². The lowest BCUT2D eigenvalue weighted by Gasteiger charge is -1.99. The number of hydrogen-bond acceptors (Lipinski definition) is 3. The zero-order chi connectivity index (χ0) is 17.6. The average molecular weight is 334 g/mol. The summed E-state index contributed by atoms with van der Waals surface area (Å²) >= 11 is 0. The molecule has 4 nitrogen and oxygen atoms in total. The van der Waals surface area contributed by atoms with Gasteiger partial charge in [-0.1, -0.05) is 55.5 Å². The van der Waals surface area contributed by atoms with Crippen molar-refractivity contribution in [2.45, 2.75) is 70.2 Å². The zero-order valence-electron chi connectivity index (χ0n) is 14.5. The first kappa shape index (κ1) is 20.4. The first-order chi connectivity index (χ1) is 11.6. The van der Waals surface area contributed by atoms with E-state index in [0.717, 1.165) is 25.7 Å². The molecule has 0 spiro atoms. The summed E-state index contributed by atoms with van der Waals surface area (Å²) in [5.74, 6) is -0.784. The summed E-state index contributed by atoms with van der Waals surface area (Å²) in [6, 6.07) is 0. The number of aliphatic carboxylic acids is 1. The number of epoxide rings is 1. The second-order valence-electron chi connectivity index (χ2n) is 5.87. The summed E-state index contributed by atoms with van der Waals surface area (Å²) < 4.78 is 5.47. The van der Waals surface area contributed by atoms with E-state index in [1.54, 1.807) is 6.08 Å². The molecule has 0 aromatic heterocycles. The molecule has 1 aliphatic heterocycles. The van der Waals surface area contributed by atoms with Gasteiger partial charge in [-0.2, -0.15) is 0 Å². The molecule has 134 valence electrons. The number of hydrogen-bond donors (Lipinski definition) is 2.